The van der Waals surface area contributed by atoms with E-state index in [1.165, 1.54) is 12.1 Å². The zero-order valence-electron chi connectivity index (χ0n) is 9.37. The van der Waals surface area contributed by atoms with Crippen LogP contribution in [0.25, 0.3) is 0 Å². The van der Waals surface area contributed by atoms with E-state index in [2.05, 4.69) is 10.3 Å². The summed E-state index contributed by atoms with van der Waals surface area (Å²) in [5.74, 6) is 0.555. The molecule has 0 amide bonds. The number of rotatable bonds is 3. The highest BCUT2D eigenvalue weighted by Crippen LogP contribution is 2.20. The number of nitrogens with zero attached hydrogens (tertiary/aromatic N) is 2. The maximum Gasteiger partial charge on any atom is 0.207 e. The molecule has 2 rings (SSSR count). The molecule has 3 nitrogen and oxygen atoms in total. The molecular weight excluding hydrogens is 205 g/mol. The number of benzene rings is 1. The van der Waals surface area contributed by atoms with Crippen molar-refractivity contribution < 1.29 is 4.39 Å². The zero-order valence-corrected chi connectivity index (χ0v) is 9.37. The van der Waals surface area contributed by atoms with Gasteiger partial charge in [-0.05, 0) is 37.6 Å². The molecule has 4 heteroatoms. The fourth-order valence-electron chi connectivity index (χ4n) is 1.58. The number of halogens is 1. The predicted molar refractivity (Wildman–Crippen MR) is 62.3 cm³/mol. The molecule has 0 unspecified atom stereocenters. The van der Waals surface area contributed by atoms with Gasteiger partial charge in [0.05, 0.1) is 0 Å². The van der Waals surface area contributed by atoms with Crippen molar-refractivity contribution in [3.63, 3.8) is 0 Å². The van der Waals surface area contributed by atoms with Crippen LogP contribution in [-0.4, -0.2) is 9.55 Å². The minimum Gasteiger partial charge on any atom is -0.325 e. The van der Waals surface area contributed by atoms with Crippen molar-refractivity contribution >= 4 is 11.6 Å². The highest BCUT2D eigenvalue weighted by molar-refractivity contribution is 5.58. The van der Waals surface area contributed by atoms with Gasteiger partial charge in [0.15, 0.2) is 0 Å². The summed E-state index contributed by atoms with van der Waals surface area (Å²) in [5.41, 5.74) is 1.74. The summed E-state index contributed by atoms with van der Waals surface area (Å²) in [4.78, 5) is 4.20. The molecule has 0 fully saturated rings. The lowest BCUT2D eigenvalue weighted by Gasteiger charge is -2.10. The summed E-state index contributed by atoms with van der Waals surface area (Å²) < 4.78 is 14.9. The molecule has 1 aromatic carbocycles. The molecule has 0 aliphatic rings. The van der Waals surface area contributed by atoms with Crippen molar-refractivity contribution in [3.8, 4) is 0 Å². The van der Waals surface area contributed by atoms with Gasteiger partial charge in [-0.1, -0.05) is 0 Å². The van der Waals surface area contributed by atoms with Gasteiger partial charge in [-0.25, -0.2) is 9.37 Å². The molecule has 1 N–H and O–H groups in total. The largest absolute Gasteiger partial charge is 0.325 e. The van der Waals surface area contributed by atoms with E-state index in [-0.39, 0.29) is 5.82 Å². The molecule has 0 saturated carbocycles. The predicted octanol–water partition coefficient (Wildman–Crippen LogP) is 3.09. The number of nitrogens with one attached hydrogen (secondary N) is 1. The Kier molecular flexibility index (Phi) is 2.90. The molecule has 0 spiro atoms. The summed E-state index contributed by atoms with van der Waals surface area (Å²) in [7, 11) is 0. The Balaban J connectivity index is 2.27. The lowest BCUT2D eigenvalue weighted by atomic mass is 10.2. The van der Waals surface area contributed by atoms with Gasteiger partial charge in [-0.15, -0.1) is 0 Å². The van der Waals surface area contributed by atoms with Crippen LogP contribution in [0.5, 0.6) is 0 Å². The minimum absolute atomic E-state index is 0.220. The van der Waals surface area contributed by atoms with Crippen LogP contribution in [0.1, 0.15) is 12.5 Å². The van der Waals surface area contributed by atoms with E-state index >= 15 is 0 Å². The fourth-order valence-corrected chi connectivity index (χ4v) is 1.58. The molecule has 84 valence electrons. The van der Waals surface area contributed by atoms with Crippen molar-refractivity contribution in [2.24, 2.45) is 0 Å². The minimum atomic E-state index is -0.220. The van der Waals surface area contributed by atoms with Crippen LogP contribution < -0.4 is 5.32 Å². The van der Waals surface area contributed by atoms with Crippen LogP contribution in [-0.2, 0) is 6.54 Å². The molecule has 16 heavy (non-hydrogen) atoms. The highest BCUT2D eigenvalue weighted by Gasteiger charge is 2.04. The van der Waals surface area contributed by atoms with E-state index in [4.69, 9.17) is 0 Å². The van der Waals surface area contributed by atoms with E-state index in [9.17, 15) is 4.39 Å². The Morgan fingerprint density at radius 1 is 1.44 bits per heavy atom. The van der Waals surface area contributed by atoms with Crippen LogP contribution in [0, 0.1) is 12.7 Å². The van der Waals surface area contributed by atoms with Crippen LogP contribution in [0.2, 0.25) is 0 Å². The normalized spacial score (nSPS) is 10.4. The fraction of sp³-hybridized carbons (Fsp3) is 0.250. The monoisotopic (exact) mass is 219 g/mol. The second-order valence-electron chi connectivity index (χ2n) is 3.62. The van der Waals surface area contributed by atoms with E-state index in [1.807, 2.05) is 24.6 Å². The third-order valence-corrected chi connectivity index (χ3v) is 2.49. The smallest absolute Gasteiger partial charge is 0.207 e. The highest BCUT2D eigenvalue weighted by atomic mass is 19.1. The molecule has 0 aliphatic heterocycles. The Labute approximate surface area is 93.9 Å². The van der Waals surface area contributed by atoms with E-state index in [1.54, 1.807) is 12.3 Å². The Morgan fingerprint density at radius 2 is 2.25 bits per heavy atom. The number of hydrogen-bond acceptors (Lipinski definition) is 2. The quantitative estimate of drug-likeness (QED) is 0.859. The maximum atomic E-state index is 12.9. The average Bonchev–Trinajstić information content (AvgIpc) is 2.69. The summed E-state index contributed by atoms with van der Waals surface area (Å²) in [6.45, 7) is 4.76. The van der Waals surface area contributed by atoms with Crippen molar-refractivity contribution in [2.75, 3.05) is 5.32 Å². The summed E-state index contributed by atoms with van der Waals surface area (Å²) in [6, 6.07) is 4.66. The van der Waals surface area contributed by atoms with Crippen molar-refractivity contribution in [1.29, 1.82) is 0 Å². The van der Waals surface area contributed by atoms with E-state index in [0.29, 0.717) is 0 Å². The first kappa shape index (κ1) is 10.7. The van der Waals surface area contributed by atoms with Crippen LogP contribution in [0.15, 0.2) is 30.6 Å². The summed E-state index contributed by atoms with van der Waals surface area (Å²) in [6.07, 6.45) is 3.64. The van der Waals surface area contributed by atoms with Crippen molar-refractivity contribution in [1.82, 2.24) is 9.55 Å². The van der Waals surface area contributed by atoms with Gasteiger partial charge in [0, 0.05) is 24.6 Å². The molecule has 1 heterocycles. The van der Waals surface area contributed by atoms with Gasteiger partial charge in [-0.3, -0.25) is 0 Å². The standard InChI is InChI=1S/C12H14FN3/c1-3-16-7-6-14-12(16)15-11-5-4-10(13)8-9(11)2/h4-8H,3H2,1-2H3,(H,14,15). The molecular formula is C12H14FN3. The molecule has 0 radical (unpaired) electrons. The SMILES string of the molecule is CCn1ccnc1Nc1ccc(F)cc1C. The number of aromatic nitrogens is 2. The van der Waals surface area contributed by atoms with Crippen molar-refractivity contribution in [3.05, 3.63) is 42.0 Å². The first-order valence-electron chi connectivity index (χ1n) is 5.25. The molecule has 1 aromatic heterocycles. The van der Waals surface area contributed by atoms with Crippen molar-refractivity contribution in [2.45, 2.75) is 20.4 Å². The van der Waals surface area contributed by atoms with Gasteiger partial charge < -0.3 is 9.88 Å². The third-order valence-electron chi connectivity index (χ3n) is 2.49. The second-order valence-corrected chi connectivity index (χ2v) is 3.62. The van der Waals surface area contributed by atoms with Gasteiger partial charge in [0.2, 0.25) is 5.95 Å². The lowest BCUT2D eigenvalue weighted by Crippen LogP contribution is -2.02. The molecule has 0 aliphatic carbocycles. The zero-order chi connectivity index (χ0) is 11.5. The summed E-state index contributed by atoms with van der Waals surface area (Å²) in [5, 5.41) is 3.18. The molecule has 2 aromatic rings. The first-order chi connectivity index (χ1) is 7.70. The second kappa shape index (κ2) is 4.35. The Hall–Kier alpha value is -1.84. The van der Waals surface area contributed by atoms with Gasteiger partial charge in [-0.2, -0.15) is 0 Å². The maximum absolute atomic E-state index is 12.9. The van der Waals surface area contributed by atoms with E-state index < -0.39 is 0 Å². The number of aryl methyl sites for hydroxylation is 2. The molecule has 0 atom stereocenters. The first-order valence-corrected chi connectivity index (χ1v) is 5.25. The van der Waals surface area contributed by atoms with Gasteiger partial charge in [0.25, 0.3) is 0 Å². The Morgan fingerprint density at radius 3 is 2.94 bits per heavy atom. The van der Waals surface area contributed by atoms with Crippen LogP contribution in [0.4, 0.5) is 16.0 Å². The topological polar surface area (TPSA) is 29.9 Å². The van der Waals surface area contributed by atoms with Gasteiger partial charge >= 0.3 is 0 Å². The van der Waals surface area contributed by atoms with Gasteiger partial charge in [0.1, 0.15) is 5.82 Å². The lowest BCUT2D eigenvalue weighted by molar-refractivity contribution is 0.627. The van der Waals surface area contributed by atoms with Crippen LogP contribution in [0.3, 0.4) is 0 Å². The number of imidazole rings is 1. The number of hydrogen-bond donors (Lipinski definition) is 1. The van der Waals surface area contributed by atoms with E-state index in [0.717, 1.165) is 23.7 Å². The molecule has 0 saturated heterocycles. The van der Waals surface area contributed by atoms with Crippen LogP contribution >= 0.6 is 0 Å². The Bertz CT molecular complexity index is 491. The summed E-state index contributed by atoms with van der Waals surface area (Å²) >= 11 is 0. The molecule has 0 bridgehead atoms. The number of anilines is 2. The average molecular weight is 219 g/mol. The third kappa shape index (κ3) is 2.05.